The number of imide groups is 1. The molecule has 0 bridgehead atoms. The van der Waals surface area contributed by atoms with Gasteiger partial charge in [0.15, 0.2) is 5.78 Å². The molecule has 2 aromatic rings. The number of halogens is 2. The van der Waals surface area contributed by atoms with Gasteiger partial charge in [-0.15, -0.1) is 0 Å². The topological polar surface area (TPSA) is 101 Å². The minimum atomic E-state index is -0.933. The van der Waals surface area contributed by atoms with Crippen LogP contribution in [0.5, 0.6) is 0 Å². The summed E-state index contributed by atoms with van der Waals surface area (Å²) < 4.78 is 0. The first-order valence-corrected chi connectivity index (χ1v) is 10.8. The molecule has 1 heterocycles. The molecule has 0 spiro atoms. The summed E-state index contributed by atoms with van der Waals surface area (Å²) in [6.45, 7) is 0.0350. The zero-order chi connectivity index (χ0) is 23.0. The van der Waals surface area contributed by atoms with E-state index in [1.54, 1.807) is 30.3 Å². The fourth-order valence-electron chi connectivity index (χ4n) is 4.03. The van der Waals surface area contributed by atoms with Gasteiger partial charge < -0.3 is 5.32 Å². The van der Waals surface area contributed by atoms with E-state index in [-0.39, 0.29) is 55.0 Å². The number of amides is 3. The number of nitrogens with one attached hydrogen (secondary N) is 1. The van der Waals surface area contributed by atoms with Gasteiger partial charge in [-0.1, -0.05) is 41.4 Å². The SMILES string of the molecule is O=C1CCC(N2C(=O)c3cccc(CNC(=O)Cc4ccc(Cl)c(Cl)c4)c3C2=O)C(=O)C1. The molecule has 1 fully saturated rings. The van der Waals surface area contributed by atoms with E-state index in [0.717, 1.165) is 4.90 Å². The molecule has 1 aliphatic heterocycles. The Morgan fingerprint density at radius 3 is 2.53 bits per heavy atom. The summed E-state index contributed by atoms with van der Waals surface area (Å²) in [5.74, 6) is -2.04. The fourth-order valence-corrected chi connectivity index (χ4v) is 4.35. The maximum atomic E-state index is 13.1. The summed E-state index contributed by atoms with van der Waals surface area (Å²) >= 11 is 11.9. The van der Waals surface area contributed by atoms with Crippen molar-refractivity contribution in [3.05, 3.63) is 68.7 Å². The van der Waals surface area contributed by atoms with Gasteiger partial charge in [0.25, 0.3) is 11.8 Å². The number of rotatable bonds is 5. The minimum Gasteiger partial charge on any atom is -0.352 e. The van der Waals surface area contributed by atoms with Gasteiger partial charge >= 0.3 is 0 Å². The van der Waals surface area contributed by atoms with Crippen LogP contribution >= 0.6 is 23.2 Å². The lowest BCUT2D eigenvalue weighted by atomic mass is 9.92. The van der Waals surface area contributed by atoms with Gasteiger partial charge in [-0.25, -0.2) is 0 Å². The van der Waals surface area contributed by atoms with Gasteiger partial charge in [-0.2, -0.15) is 0 Å². The minimum absolute atomic E-state index is 0.0350. The Labute approximate surface area is 193 Å². The van der Waals surface area contributed by atoms with E-state index in [2.05, 4.69) is 5.32 Å². The first-order chi connectivity index (χ1) is 15.3. The molecular weight excluding hydrogens is 455 g/mol. The fraction of sp³-hybridized carbons (Fsp3) is 0.261. The lowest BCUT2D eigenvalue weighted by Crippen LogP contribution is -2.47. The van der Waals surface area contributed by atoms with Crippen LogP contribution in [0.2, 0.25) is 10.0 Å². The molecule has 1 saturated carbocycles. The van der Waals surface area contributed by atoms with Crippen LogP contribution in [0.4, 0.5) is 0 Å². The Morgan fingerprint density at radius 2 is 1.81 bits per heavy atom. The van der Waals surface area contributed by atoms with E-state index in [9.17, 15) is 24.0 Å². The quantitative estimate of drug-likeness (QED) is 0.531. The van der Waals surface area contributed by atoms with E-state index in [1.165, 1.54) is 6.07 Å². The molecular formula is C23H18Cl2N2O5. The molecule has 32 heavy (non-hydrogen) atoms. The van der Waals surface area contributed by atoms with Gasteiger partial charge in [0, 0.05) is 13.0 Å². The number of carbonyl (C=O) groups excluding carboxylic acids is 5. The molecule has 2 aromatic carbocycles. The average Bonchev–Trinajstić information content (AvgIpc) is 3.00. The molecule has 9 heteroatoms. The van der Waals surface area contributed by atoms with Crippen molar-refractivity contribution in [3.8, 4) is 0 Å². The highest BCUT2D eigenvalue weighted by atomic mass is 35.5. The summed E-state index contributed by atoms with van der Waals surface area (Å²) in [6.07, 6.45) is 0.0888. The summed E-state index contributed by atoms with van der Waals surface area (Å²) in [5.41, 5.74) is 1.52. The normalized spacial score (nSPS) is 18.2. The van der Waals surface area contributed by atoms with Crippen LogP contribution in [0.3, 0.4) is 0 Å². The maximum Gasteiger partial charge on any atom is 0.262 e. The van der Waals surface area contributed by atoms with Crippen molar-refractivity contribution < 1.29 is 24.0 Å². The van der Waals surface area contributed by atoms with E-state index < -0.39 is 23.6 Å². The van der Waals surface area contributed by atoms with Crippen LogP contribution in [0.1, 0.15) is 51.1 Å². The van der Waals surface area contributed by atoms with Crippen molar-refractivity contribution in [2.45, 2.75) is 38.3 Å². The predicted molar refractivity (Wildman–Crippen MR) is 117 cm³/mol. The lowest BCUT2D eigenvalue weighted by Gasteiger charge is -2.27. The molecule has 0 saturated heterocycles. The zero-order valence-corrected chi connectivity index (χ0v) is 18.3. The van der Waals surface area contributed by atoms with Crippen LogP contribution in [-0.2, 0) is 27.3 Å². The molecule has 1 aliphatic carbocycles. The lowest BCUT2D eigenvalue weighted by molar-refractivity contribution is -0.132. The summed E-state index contributed by atoms with van der Waals surface area (Å²) in [5, 5.41) is 3.49. The molecule has 2 aliphatic rings. The Bertz CT molecular complexity index is 1180. The first kappa shape index (κ1) is 22.2. The third kappa shape index (κ3) is 4.18. The molecule has 1 unspecified atom stereocenters. The van der Waals surface area contributed by atoms with Crippen LogP contribution in [0.25, 0.3) is 0 Å². The van der Waals surface area contributed by atoms with Gasteiger partial charge in [0.05, 0.1) is 40.1 Å². The Hall–Kier alpha value is -3.03. The highest BCUT2D eigenvalue weighted by molar-refractivity contribution is 6.42. The van der Waals surface area contributed by atoms with Gasteiger partial charge in [0.1, 0.15) is 5.78 Å². The number of nitrogens with zero attached hydrogens (tertiary/aromatic N) is 1. The summed E-state index contributed by atoms with van der Waals surface area (Å²) in [6, 6.07) is 8.77. The standard InChI is InChI=1S/C23H18Cl2N2O5/c24-16-6-4-12(8-17(16)25)9-20(30)26-11-13-2-1-3-15-21(13)23(32)27(22(15)31)18-7-5-14(28)10-19(18)29/h1-4,6,8,18H,5,7,9-11H2,(H,26,30). The van der Waals surface area contributed by atoms with Crippen LogP contribution in [-0.4, -0.2) is 40.2 Å². The van der Waals surface area contributed by atoms with Crippen molar-refractivity contribution in [3.63, 3.8) is 0 Å². The summed E-state index contributed by atoms with van der Waals surface area (Å²) in [7, 11) is 0. The third-order valence-corrected chi connectivity index (χ3v) is 6.35. The number of ketones is 2. The van der Waals surface area contributed by atoms with Crippen molar-refractivity contribution in [2.75, 3.05) is 0 Å². The Kier molecular flexibility index (Phi) is 6.13. The Balaban J connectivity index is 1.49. The van der Waals surface area contributed by atoms with Crippen molar-refractivity contribution in [2.24, 2.45) is 0 Å². The number of hydrogen-bond donors (Lipinski definition) is 1. The second-order valence-electron chi connectivity index (χ2n) is 7.76. The second kappa shape index (κ2) is 8.84. The number of carbonyl (C=O) groups is 5. The monoisotopic (exact) mass is 472 g/mol. The van der Waals surface area contributed by atoms with Crippen LogP contribution in [0.15, 0.2) is 36.4 Å². The second-order valence-corrected chi connectivity index (χ2v) is 8.57. The number of hydrogen-bond acceptors (Lipinski definition) is 5. The highest BCUT2D eigenvalue weighted by Gasteiger charge is 2.45. The van der Waals surface area contributed by atoms with Crippen molar-refractivity contribution in [1.29, 1.82) is 0 Å². The maximum absolute atomic E-state index is 13.1. The van der Waals surface area contributed by atoms with E-state index >= 15 is 0 Å². The summed E-state index contributed by atoms with van der Waals surface area (Å²) in [4.78, 5) is 63.1. The van der Waals surface area contributed by atoms with Crippen molar-refractivity contribution in [1.82, 2.24) is 10.2 Å². The van der Waals surface area contributed by atoms with Crippen molar-refractivity contribution >= 4 is 52.5 Å². The van der Waals surface area contributed by atoms with Gasteiger partial charge in [0.2, 0.25) is 5.91 Å². The van der Waals surface area contributed by atoms with E-state index in [1.807, 2.05) is 0 Å². The number of fused-ring (bicyclic) bond motifs is 1. The molecule has 4 rings (SSSR count). The van der Waals surface area contributed by atoms with Crippen LogP contribution in [0, 0.1) is 0 Å². The average molecular weight is 473 g/mol. The molecule has 0 aromatic heterocycles. The van der Waals surface area contributed by atoms with E-state index in [0.29, 0.717) is 21.2 Å². The van der Waals surface area contributed by atoms with Crippen LogP contribution < -0.4 is 5.32 Å². The molecule has 1 N–H and O–H groups in total. The Morgan fingerprint density at radius 1 is 1.03 bits per heavy atom. The molecule has 3 amide bonds. The van der Waals surface area contributed by atoms with Gasteiger partial charge in [-0.3, -0.25) is 28.9 Å². The number of Topliss-reactive ketones (excluding diaryl/α,β-unsaturated/α-hetero) is 2. The molecule has 7 nitrogen and oxygen atoms in total. The zero-order valence-electron chi connectivity index (χ0n) is 16.8. The first-order valence-electron chi connectivity index (χ1n) is 10.0. The number of benzene rings is 2. The molecule has 164 valence electrons. The smallest absolute Gasteiger partial charge is 0.262 e. The largest absolute Gasteiger partial charge is 0.352 e. The molecule has 1 atom stereocenters. The van der Waals surface area contributed by atoms with E-state index in [4.69, 9.17) is 23.2 Å². The van der Waals surface area contributed by atoms with Gasteiger partial charge in [-0.05, 0) is 35.7 Å². The highest BCUT2D eigenvalue weighted by Crippen LogP contribution is 2.31. The third-order valence-electron chi connectivity index (χ3n) is 5.61. The predicted octanol–water partition coefficient (Wildman–Crippen LogP) is 3.14. The molecule has 0 radical (unpaired) electrons.